The van der Waals surface area contributed by atoms with Crippen LogP contribution in [0.25, 0.3) is 11.1 Å². The molecule has 0 aliphatic carbocycles. The largest absolute Gasteiger partial charge is 0.457 e. The number of aromatic nitrogens is 1. The number of nitrogens with zero attached hydrogens (tertiary/aromatic N) is 1. The lowest BCUT2D eigenvalue weighted by atomic mass is 9.88. The molecule has 0 spiro atoms. The van der Waals surface area contributed by atoms with Crippen LogP contribution in [0.5, 0.6) is 11.5 Å². The zero-order valence-electron chi connectivity index (χ0n) is 15.0. The maximum atomic E-state index is 12.3. The number of ether oxygens (including phenoxy) is 1. The predicted octanol–water partition coefficient (Wildman–Crippen LogP) is 4.18. The minimum absolute atomic E-state index is 0.0113. The number of rotatable bonds is 5. The molecule has 0 aliphatic rings. The Hall–Kier alpha value is -3.65. The number of aldehydes is 1. The second kappa shape index (κ2) is 7.30. The highest BCUT2D eigenvalue weighted by molar-refractivity contribution is 5.73. The van der Waals surface area contributed by atoms with Gasteiger partial charge in [-0.05, 0) is 49.7 Å². The van der Waals surface area contributed by atoms with Gasteiger partial charge in [-0.1, -0.05) is 30.3 Å². The Morgan fingerprint density at radius 3 is 2.26 bits per heavy atom. The summed E-state index contributed by atoms with van der Waals surface area (Å²) in [6, 6.07) is 20.1. The molecule has 0 unspecified atom stereocenters. The first kappa shape index (κ1) is 18.2. The molecule has 0 saturated carbocycles. The zero-order valence-corrected chi connectivity index (χ0v) is 15.0. The van der Waals surface area contributed by atoms with Crippen LogP contribution in [-0.4, -0.2) is 11.3 Å². The molecule has 134 valence electrons. The Kier molecular flexibility index (Phi) is 4.91. The molecule has 0 radical (unpaired) electrons. The van der Waals surface area contributed by atoms with E-state index in [1.165, 1.54) is 0 Å². The lowest BCUT2D eigenvalue weighted by molar-refractivity contribution is -0.111. The first-order valence-corrected chi connectivity index (χ1v) is 8.42. The summed E-state index contributed by atoms with van der Waals surface area (Å²) < 4.78 is 5.77. The number of nitriles is 1. The van der Waals surface area contributed by atoms with Crippen molar-refractivity contribution >= 4 is 6.29 Å². The summed E-state index contributed by atoms with van der Waals surface area (Å²) in [5.74, 6) is 1.36. The smallest absolute Gasteiger partial charge is 0.266 e. The van der Waals surface area contributed by atoms with Gasteiger partial charge in [-0.15, -0.1) is 0 Å². The number of aromatic amines is 1. The van der Waals surface area contributed by atoms with Crippen LogP contribution in [0, 0.1) is 11.3 Å². The van der Waals surface area contributed by atoms with Crippen LogP contribution < -0.4 is 10.3 Å². The fourth-order valence-electron chi connectivity index (χ4n) is 2.64. The number of para-hydroxylation sites is 1. The van der Waals surface area contributed by atoms with Crippen molar-refractivity contribution in [2.75, 3.05) is 0 Å². The third-order valence-corrected chi connectivity index (χ3v) is 4.28. The van der Waals surface area contributed by atoms with E-state index in [1.54, 1.807) is 44.2 Å². The summed E-state index contributed by atoms with van der Waals surface area (Å²) in [5, 5.41) is 9.40. The van der Waals surface area contributed by atoms with Gasteiger partial charge in [-0.3, -0.25) is 4.79 Å². The number of benzene rings is 2. The van der Waals surface area contributed by atoms with Crippen molar-refractivity contribution < 1.29 is 9.53 Å². The van der Waals surface area contributed by atoms with Crippen LogP contribution in [0.4, 0.5) is 0 Å². The highest BCUT2D eigenvalue weighted by Gasteiger charge is 2.23. The van der Waals surface area contributed by atoms with Crippen LogP contribution in [0.15, 0.2) is 65.5 Å². The Morgan fingerprint density at radius 1 is 1.04 bits per heavy atom. The molecule has 1 heterocycles. The summed E-state index contributed by atoms with van der Waals surface area (Å²) in [6.07, 6.45) is 0.769. The van der Waals surface area contributed by atoms with Gasteiger partial charge in [0.05, 0.1) is 5.41 Å². The fraction of sp³-hybridized carbons (Fsp3) is 0.136. The minimum atomic E-state index is -0.863. The molecule has 0 bridgehead atoms. The summed E-state index contributed by atoms with van der Waals surface area (Å²) in [5.41, 5.74) is 0.277. The van der Waals surface area contributed by atoms with Crippen molar-refractivity contribution in [3.8, 4) is 28.7 Å². The number of H-pyrrole nitrogens is 1. The Morgan fingerprint density at radius 2 is 1.67 bits per heavy atom. The van der Waals surface area contributed by atoms with Crippen molar-refractivity contribution in [1.82, 2.24) is 4.98 Å². The molecule has 0 aliphatic heterocycles. The summed E-state index contributed by atoms with van der Waals surface area (Å²) in [6.45, 7) is 3.41. The molecule has 3 aromatic rings. The summed E-state index contributed by atoms with van der Waals surface area (Å²) >= 11 is 0. The molecule has 27 heavy (non-hydrogen) atoms. The van der Waals surface area contributed by atoms with E-state index in [4.69, 9.17) is 4.74 Å². The van der Waals surface area contributed by atoms with Crippen molar-refractivity contribution in [2.45, 2.75) is 19.3 Å². The average Bonchev–Trinajstić information content (AvgIpc) is 2.68. The molecule has 0 saturated heterocycles. The van der Waals surface area contributed by atoms with E-state index < -0.39 is 11.0 Å². The molecule has 0 fully saturated rings. The zero-order chi connectivity index (χ0) is 19.4. The van der Waals surface area contributed by atoms with Gasteiger partial charge in [0.25, 0.3) is 5.56 Å². The molecule has 3 rings (SSSR count). The lowest BCUT2D eigenvalue weighted by Crippen LogP contribution is -2.25. The number of nitrogens with one attached hydrogen (secondary N) is 1. The second-order valence-corrected chi connectivity index (χ2v) is 6.69. The van der Waals surface area contributed by atoms with Crippen molar-refractivity contribution in [3.05, 3.63) is 82.3 Å². The van der Waals surface area contributed by atoms with E-state index in [0.717, 1.165) is 6.29 Å². The van der Waals surface area contributed by atoms with E-state index in [1.807, 2.05) is 36.4 Å². The van der Waals surface area contributed by atoms with Gasteiger partial charge in [0.15, 0.2) is 0 Å². The maximum Gasteiger partial charge on any atom is 0.266 e. The molecular formula is C22H18N2O3. The summed E-state index contributed by atoms with van der Waals surface area (Å²) in [7, 11) is 0. The van der Waals surface area contributed by atoms with Gasteiger partial charge in [-0.25, -0.2) is 0 Å². The first-order valence-electron chi connectivity index (χ1n) is 8.42. The van der Waals surface area contributed by atoms with Gasteiger partial charge in [0, 0.05) is 11.3 Å². The first-order chi connectivity index (χ1) is 12.9. The third-order valence-electron chi connectivity index (χ3n) is 4.28. The highest BCUT2D eigenvalue weighted by Crippen LogP contribution is 2.29. The molecule has 0 atom stereocenters. The monoisotopic (exact) mass is 358 g/mol. The van der Waals surface area contributed by atoms with E-state index in [0.29, 0.717) is 28.3 Å². The van der Waals surface area contributed by atoms with Crippen molar-refractivity contribution in [2.24, 2.45) is 0 Å². The van der Waals surface area contributed by atoms with Gasteiger partial charge in [0.1, 0.15) is 29.4 Å². The molecule has 1 aromatic heterocycles. The summed E-state index contributed by atoms with van der Waals surface area (Å²) in [4.78, 5) is 26.3. The number of carbonyl (C=O) groups excluding carboxylic acids is 1. The molecular weight excluding hydrogens is 340 g/mol. The topological polar surface area (TPSA) is 82.9 Å². The average molecular weight is 358 g/mol. The molecule has 0 amide bonds. The lowest BCUT2D eigenvalue weighted by Gasteiger charge is -2.18. The van der Waals surface area contributed by atoms with E-state index in [2.05, 4.69) is 4.98 Å². The van der Waals surface area contributed by atoms with Crippen molar-refractivity contribution in [1.29, 1.82) is 5.26 Å². The minimum Gasteiger partial charge on any atom is -0.457 e. The van der Waals surface area contributed by atoms with E-state index in [-0.39, 0.29) is 5.56 Å². The molecule has 1 N–H and O–H groups in total. The fourth-order valence-corrected chi connectivity index (χ4v) is 2.64. The normalized spacial score (nSPS) is 10.9. The van der Waals surface area contributed by atoms with Crippen LogP contribution in [0.1, 0.15) is 25.1 Å². The van der Waals surface area contributed by atoms with Gasteiger partial charge < -0.3 is 14.5 Å². The second-order valence-electron chi connectivity index (χ2n) is 6.69. The van der Waals surface area contributed by atoms with Gasteiger partial charge in [-0.2, -0.15) is 5.26 Å². The molecule has 5 nitrogen and oxygen atoms in total. The SMILES string of the molecule is CC(C)(C=O)c1cc(-c2ccc(Oc3ccccc3)cc2)c(C#N)c(=O)[nH]1. The van der Waals surface area contributed by atoms with Crippen molar-refractivity contribution in [3.63, 3.8) is 0 Å². The van der Waals surface area contributed by atoms with Gasteiger partial charge >= 0.3 is 0 Å². The standard InChI is InChI=1S/C22H18N2O3/c1-22(2,14-25)20-12-18(19(13-23)21(26)24-20)15-8-10-17(11-9-15)27-16-6-4-3-5-7-16/h3-12,14H,1-2H3,(H,24,26). The number of pyridine rings is 1. The third kappa shape index (κ3) is 3.80. The highest BCUT2D eigenvalue weighted by atomic mass is 16.5. The predicted molar refractivity (Wildman–Crippen MR) is 103 cm³/mol. The Bertz CT molecular complexity index is 1060. The van der Waals surface area contributed by atoms with Crippen LogP contribution in [0.2, 0.25) is 0 Å². The molecule has 2 aromatic carbocycles. The van der Waals surface area contributed by atoms with Crippen LogP contribution in [-0.2, 0) is 10.2 Å². The van der Waals surface area contributed by atoms with Crippen LogP contribution >= 0.6 is 0 Å². The Labute approximate surface area is 156 Å². The van der Waals surface area contributed by atoms with Gasteiger partial charge in [0.2, 0.25) is 0 Å². The quantitative estimate of drug-likeness (QED) is 0.694. The molecule has 5 heteroatoms. The Balaban J connectivity index is 2.01. The number of hydrogen-bond acceptors (Lipinski definition) is 4. The number of hydrogen-bond donors (Lipinski definition) is 1. The van der Waals surface area contributed by atoms with E-state index in [9.17, 15) is 14.9 Å². The maximum absolute atomic E-state index is 12.3. The number of carbonyl (C=O) groups is 1. The van der Waals surface area contributed by atoms with E-state index >= 15 is 0 Å². The van der Waals surface area contributed by atoms with Crippen LogP contribution in [0.3, 0.4) is 0 Å².